The normalized spacial score (nSPS) is 24.5. The molecule has 2 fully saturated rings. The van der Waals surface area contributed by atoms with Crippen LogP contribution in [0.1, 0.15) is 33.6 Å². The van der Waals surface area contributed by atoms with Gasteiger partial charge in [0.25, 0.3) is 0 Å². The highest BCUT2D eigenvalue weighted by Gasteiger charge is 2.24. The zero-order chi connectivity index (χ0) is 14.5. The van der Waals surface area contributed by atoms with Gasteiger partial charge in [-0.2, -0.15) is 0 Å². The summed E-state index contributed by atoms with van der Waals surface area (Å²) < 4.78 is 0. The molecule has 0 spiro atoms. The zero-order valence-electron chi connectivity index (χ0n) is 14.0. The highest BCUT2D eigenvalue weighted by molar-refractivity contribution is 5.85. The first kappa shape index (κ1) is 21.9. The minimum absolute atomic E-state index is 0. The first-order chi connectivity index (χ1) is 9.56. The van der Waals surface area contributed by atoms with Crippen molar-refractivity contribution in [2.24, 2.45) is 0 Å². The number of likely N-dealkylation sites (tertiary alicyclic amines) is 1. The van der Waals surface area contributed by atoms with Crippen LogP contribution in [-0.4, -0.2) is 73.1 Å². The van der Waals surface area contributed by atoms with Crippen LogP contribution in [0.25, 0.3) is 0 Å². The van der Waals surface area contributed by atoms with E-state index in [1.54, 1.807) is 0 Å². The third kappa shape index (κ3) is 6.59. The van der Waals surface area contributed by atoms with Crippen LogP contribution in [0.3, 0.4) is 0 Å². The number of halogens is 2. The average Bonchev–Trinajstić information content (AvgIpc) is 2.42. The summed E-state index contributed by atoms with van der Waals surface area (Å²) in [5.41, 5.74) is 0. The number of rotatable bonds is 4. The van der Waals surface area contributed by atoms with Gasteiger partial charge in [-0.25, -0.2) is 0 Å². The standard InChI is InChI=1S/C15H30N4O.2ClH/c1-12(2)18-7-4-14(5-8-18)17-15(20)11-19-9-6-16-10-13(19)3;;/h12-14,16H,4-11H2,1-3H3,(H,17,20);2*1H/t13-;;/m0../s1. The molecule has 2 aliphatic heterocycles. The van der Waals surface area contributed by atoms with Crippen molar-refractivity contribution in [1.82, 2.24) is 20.4 Å². The van der Waals surface area contributed by atoms with Crippen LogP contribution in [0.2, 0.25) is 0 Å². The van der Waals surface area contributed by atoms with Crippen LogP contribution in [0.15, 0.2) is 0 Å². The molecule has 0 unspecified atom stereocenters. The number of carbonyl (C=O) groups is 1. The second-order valence-electron chi connectivity index (χ2n) is 6.50. The predicted octanol–water partition coefficient (Wildman–Crippen LogP) is 1.11. The van der Waals surface area contributed by atoms with Gasteiger partial charge in [-0.15, -0.1) is 24.8 Å². The van der Waals surface area contributed by atoms with Crippen LogP contribution in [-0.2, 0) is 4.79 Å². The molecule has 2 rings (SSSR count). The second kappa shape index (κ2) is 10.7. The first-order valence-electron chi connectivity index (χ1n) is 8.04. The van der Waals surface area contributed by atoms with Crippen molar-refractivity contribution in [3.8, 4) is 0 Å². The van der Waals surface area contributed by atoms with Crippen molar-refractivity contribution < 1.29 is 4.79 Å². The molecule has 0 aliphatic carbocycles. The minimum Gasteiger partial charge on any atom is -0.352 e. The fraction of sp³-hybridized carbons (Fsp3) is 0.933. The lowest BCUT2D eigenvalue weighted by molar-refractivity contribution is -0.124. The van der Waals surface area contributed by atoms with Crippen molar-refractivity contribution in [1.29, 1.82) is 0 Å². The molecule has 0 aromatic carbocycles. The molecule has 7 heteroatoms. The third-order valence-corrected chi connectivity index (χ3v) is 4.61. The molecule has 0 aromatic rings. The molecule has 2 aliphatic rings. The maximum Gasteiger partial charge on any atom is 0.234 e. The highest BCUT2D eigenvalue weighted by atomic mass is 35.5. The van der Waals surface area contributed by atoms with Gasteiger partial charge in [-0.3, -0.25) is 9.69 Å². The molecule has 5 nitrogen and oxygen atoms in total. The molecule has 1 atom stereocenters. The summed E-state index contributed by atoms with van der Waals surface area (Å²) in [5, 5.41) is 6.57. The van der Waals surface area contributed by atoms with E-state index in [0.717, 1.165) is 45.6 Å². The van der Waals surface area contributed by atoms with Gasteiger partial charge in [0.15, 0.2) is 0 Å². The average molecular weight is 355 g/mol. The van der Waals surface area contributed by atoms with Gasteiger partial charge in [-0.1, -0.05) is 0 Å². The lowest BCUT2D eigenvalue weighted by Crippen LogP contribution is -2.54. The van der Waals surface area contributed by atoms with Crippen LogP contribution >= 0.6 is 24.8 Å². The molecule has 2 saturated heterocycles. The molecule has 0 saturated carbocycles. The van der Waals surface area contributed by atoms with Gasteiger partial charge >= 0.3 is 0 Å². The summed E-state index contributed by atoms with van der Waals surface area (Å²) in [6.07, 6.45) is 2.17. The fourth-order valence-electron chi connectivity index (χ4n) is 3.14. The number of hydrogen-bond donors (Lipinski definition) is 2. The monoisotopic (exact) mass is 354 g/mol. The van der Waals surface area contributed by atoms with Gasteiger partial charge in [0.2, 0.25) is 5.91 Å². The Bertz CT molecular complexity index is 323. The Labute approximate surface area is 147 Å². The molecule has 0 bridgehead atoms. The number of piperazine rings is 1. The third-order valence-electron chi connectivity index (χ3n) is 4.61. The van der Waals surface area contributed by atoms with Crippen molar-refractivity contribution in [3.63, 3.8) is 0 Å². The van der Waals surface area contributed by atoms with Crippen molar-refractivity contribution in [2.45, 2.75) is 51.7 Å². The van der Waals surface area contributed by atoms with Crippen LogP contribution < -0.4 is 10.6 Å². The minimum atomic E-state index is 0. The second-order valence-corrected chi connectivity index (χ2v) is 6.50. The summed E-state index contributed by atoms with van der Waals surface area (Å²) in [6.45, 7) is 12.4. The number of piperidine rings is 1. The Morgan fingerprint density at radius 3 is 2.41 bits per heavy atom. The van der Waals surface area contributed by atoms with Crippen LogP contribution in [0.4, 0.5) is 0 Å². The van der Waals surface area contributed by atoms with E-state index in [-0.39, 0.29) is 30.7 Å². The Hall–Kier alpha value is -0.0700. The van der Waals surface area contributed by atoms with Crippen LogP contribution in [0, 0.1) is 0 Å². The van der Waals surface area contributed by atoms with E-state index in [0.29, 0.717) is 24.7 Å². The lowest BCUT2D eigenvalue weighted by atomic mass is 10.0. The lowest BCUT2D eigenvalue weighted by Gasteiger charge is -2.36. The SMILES string of the molecule is CC(C)N1CCC(NC(=O)CN2CCNC[C@@H]2C)CC1.Cl.Cl. The molecule has 2 heterocycles. The molecule has 22 heavy (non-hydrogen) atoms. The van der Waals surface area contributed by atoms with E-state index < -0.39 is 0 Å². The van der Waals surface area contributed by atoms with E-state index in [4.69, 9.17) is 0 Å². The Morgan fingerprint density at radius 1 is 1.23 bits per heavy atom. The zero-order valence-corrected chi connectivity index (χ0v) is 15.6. The molecular weight excluding hydrogens is 323 g/mol. The van der Waals surface area contributed by atoms with Crippen molar-refractivity contribution >= 4 is 30.7 Å². The Morgan fingerprint density at radius 2 is 1.86 bits per heavy atom. The number of hydrogen-bond acceptors (Lipinski definition) is 4. The van der Waals surface area contributed by atoms with E-state index in [1.165, 1.54) is 0 Å². The summed E-state index contributed by atoms with van der Waals surface area (Å²) in [5.74, 6) is 0.196. The number of nitrogens with zero attached hydrogens (tertiary/aromatic N) is 2. The smallest absolute Gasteiger partial charge is 0.234 e. The first-order valence-corrected chi connectivity index (χ1v) is 8.04. The Kier molecular flexibility index (Phi) is 10.6. The maximum atomic E-state index is 12.2. The van der Waals surface area contributed by atoms with Gasteiger partial charge < -0.3 is 15.5 Å². The number of amides is 1. The van der Waals surface area contributed by atoms with Gasteiger partial charge in [0.1, 0.15) is 0 Å². The quantitative estimate of drug-likeness (QED) is 0.793. The van der Waals surface area contributed by atoms with Crippen LogP contribution in [0.5, 0.6) is 0 Å². The molecule has 1 amide bonds. The number of carbonyl (C=O) groups excluding carboxylic acids is 1. The summed E-state index contributed by atoms with van der Waals surface area (Å²) in [6, 6.07) is 1.45. The number of nitrogens with one attached hydrogen (secondary N) is 2. The van der Waals surface area contributed by atoms with Gasteiger partial charge in [-0.05, 0) is 33.6 Å². The molecule has 2 N–H and O–H groups in total. The molecule has 0 radical (unpaired) electrons. The molecular formula is C15H32Cl2N4O. The van der Waals surface area contributed by atoms with E-state index in [2.05, 4.69) is 41.2 Å². The van der Waals surface area contributed by atoms with Gasteiger partial charge in [0, 0.05) is 50.8 Å². The highest BCUT2D eigenvalue weighted by Crippen LogP contribution is 2.13. The van der Waals surface area contributed by atoms with E-state index in [1.807, 2.05) is 0 Å². The van der Waals surface area contributed by atoms with E-state index in [9.17, 15) is 4.79 Å². The Balaban J connectivity index is 0.00000220. The molecule has 132 valence electrons. The van der Waals surface area contributed by atoms with E-state index >= 15 is 0 Å². The summed E-state index contributed by atoms with van der Waals surface area (Å²) in [4.78, 5) is 16.9. The van der Waals surface area contributed by atoms with Crippen molar-refractivity contribution in [3.05, 3.63) is 0 Å². The maximum absolute atomic E-state index is 12.2. The fourth-order valence-corrected chi connectivity index (χ4v) is 3.14. The van der Waals surface area contributed by atoms with Crippen molar-refractivity contribution in [2.75, 3.05) is 39.3 Å². The summed E-state index contributed by atoms with van der Waals surface area (Å²) in [7, 11) is 0. The topological polar surface area (TPSA) is 47.6 Å². The van der Waals surface area contributed by atoms with Gasteiger partial charge in [0.05, 0.1) is 6.54 Å². The largest absolute Gasteiger partial charge is 0.352 e. The molecule has 0 aromatic heterocycles. The predicted molar refractivity (Wildman–Crippen MR) is 96.3 cm³/mol. The summed E-state index contributed by atoms with van der Waals surface area (Å²) >= 11 is 0.